The van der Waals surface area contributed by atoms with Gasteiger partial charge in [-0.2, -0.15) is 0 Å². The highest BCUT2D eigenvalue weighted by atomic mass is 16.2. The van der Waals surface area contributed by atoms with E-state index in [1.807, 2.05) is 33.2 Å². The van der Waals surface area contributed by atoms with Crippen LogP contribution in [0.3, 0.4) is 0 Å². The van der Waals surface area contributed by atoms with Gasteiger partial charge in [0, 0.05) is 32.0 Å². The summed E-state index contributed by atoms with van der Waals surface area (Å²) in [5.41, 5.74) is 4.00. The highest BCUT2D eigenvalue weighted by Crippen LogP contribution is 2.26. The summed E-state index contributed by atoms with van der Waals surface area (Å²) < 4.78 is 0. The molecule has 6 nitrogen and oxygen atoms in total. The largest absolute Gasteiger partial charge is 0.378 e. The first-order valence-corrected chi connectivity index (χ1v) is 10.1. The van der Waals surface area contributed by atoms with Crippen molar-refractivity contribution in [3.8, 4) is 0 Å². The van der Waals surface area contributed by atoms with Crippen molar-refractivity contribution in [3.05, 3.63) is 59.7 Å². The first kappa shape index (κ1) is 20.9. The number of rotatable bonds is 6. The number of aryl methyl sites for hydroxylation is 1. The van der Waals surface area contributed by atoms with Crippen LogP contribution in [0.2, 0.25) is 0 Å². The maximum Gasteiger partial charge on any atom is 0.313 e. The van der Waals surface area contributed by atoms with Crippen LogP contribution in [0.1, 0.15) is 30.0 Å². The molecule has 0 unspecified atom stereocenters. The zero-order valence-electron chi connectivity index (χ0n) is 17.4. The van der Waals surface area contributed by atoms with Crippen LogP contribution in [0.4, 0.5) is 11.4 Å². The third kappa shape index (κ3) is 5.57. The van der Waals surface area contributed by atoms with E-state index >= 15 is 0 Å². The topological polar surface area (TPSA) is 64.7 Å². The van der Waals surface area contributed by atoms with Crippen molar-refractivity contribution < 1.29 is 9.59 Å². The average Bonchev–Trinajstić information content (AvgIpc) is 3.24. The number of anilines is 2. The summed E-state index contributed by atoms with van der Waals surface area (Å²) in [4.78, 5) is 29.0. The summed E-state index contributed by atoms with van der Waals surface area (Å²) in [6, 6.07) is 15.8. The van der Waals surface area contributed by atoms with Crippen LogP contribution in [0, 0.1) is 6.92 Å². The monoisotopic (exact) mass is 394 g/mol. The van der Waals surface area contributed by atoms with Gasteiger partial charge in [-0.1, -0.05) is 29.8 Å². The van der Waals surface area contributed by atoms with E-state index in [1.54, 1.807) is 12.1 Å². The minimum absolute atomic E-state index is 0.0600. The lowest BCUT2D eigenvalue weighted by Crippen LogP contribution is -2.41. The molecular weight excluding hydrogens is 364 g/mol. The van der Waals surface area contributed by atoms with Gasteiger partial charge in [0.25, 0.3) is 0 Å². The fourth-order valence-corrected chi connectivity index (χ4v) is 3.60. The van der Waals surface area contributed by atoms with E-state index < -0.39 is 11.8 Å². The Balaban J connectivity index is 1.63. The molecule has 0 aromatic heterocycles. The lowest BCUT2D eigenvalue weighted by atomic mass is 10.0. The fraction of sp³-hybridized carbons (Fsp3) is 0.391. The third-order valence-electron chi connectivity index (χ3n) is 5.35. The van der Waals surface area contributed by atoms with Gasteiger partial charge in [-0.15, -0.1) is 0 Å². The van der Waals surface area contributed by atoms with Gasteiger partial charge in [-0.3, -0.25) is 14.5 Å². The molecule has 1 saturated heterocycles. The van der Waals surface area contributed by atoms with E-state index in [2.05, 4.69) is 44.7 Å². The predicted molar refractivity (Wildman–Crippen MR) is 117 cm³/mol. The molecule has 0 spiro atoms. The summed E-state index contributed by atoms with van der Waals surface area (Å²) in [7, 11) is 4.03. The van der Waals surface area contributed by atoms with E-state index in [-0.39, 0.29) is 6.04 Å². The predicted octanol–water partition coefficient (Wildman–Crippen LogP) is 2.95. The Hall–Kier alpha value is -2.86. The van der Waals surface area contributed by atoms with Crippen LogP contribution < -0.4 is 15.5 Å². The molecule has 1 fully saturated rings. The van der Waals surface area contributed by atoms with Gasteiger partial charge in [0.15, 0.2) is 0 Å². The molecule has 0 aliphatic carbocycles. The zero-order valence-corrected chi connectivity index (χ0v) is 17.4. The number of nitrogens with one attached hydrogen (secondary N) is 2. The normalized spacial score (nSPS) is 15.0. The smallest absolute Gasteiger partial charge is 0.313 e. The number of carbonyl (C=O) groups is 2. The Morgan fingerprint density at radius 1 is 0.966 bits per heavy atom. The summed E-state index contributed by atoms with van der Waals surface area (Å²) >= 11 is 0. The van der Waals surface area contributed by atoms with Crippen molar-refractivity contribution in [2.24, 2.45) is 0 Å². The van der Waals surface area contributed by atoms with Gasteiger partial charge in [-0.05, 0) is 62.7 Å². The van der Waals surface area contributed by atoms with E-state index in [0.29, 0.717) is 12.2 Å². The molecule has 2 N–H and O–H groups in total. The van der Waals surface area contributed by atoms with Crippen LogP contribution in [0.25, 0.3) is 0 Å². The van der Waals surface area contributed by atoms with E-state index in [1.165, 1.54) is 0 Å². The van der Waals surface area contributed by atoms with Crippen molar-refractivity contribution >= 4 is 23.2 Å². The Morgan fingerprint density at radius 3 is 2.17 bits per heavy atom. The number of hydrogen-bond acceptors (Lipinski definition) is 4. The number of amides is 2. The number of likely N-dealkylation sites (tertiary alicyclic amines) is 1. The quantitative estimate of drug-likeness (QED) is 0.740. The van der Waals surface area contributed by atoms with Gasteiger partial charge < -0.3 is 15.5 Å². The molecule has 0 saturated carbocycles. The number of benzene rings is 2. The SMILES string of the molecule is Cc1ccc(NC(=O)C(=O)NC[C@@H](c2ccc(N(C)C)cc2)N2CCCC2)cc1. The summed E-state index contributed by atoms with van der Waals surface area (Å²) in [6.45, 7) is 4.39. The lowest BCUT2D eigenvalue weighted by Gasteiger charge is -2.28. The minimum atomic E-state index is -0.642. The highest BCUT2D eigenvalue weighted by Gasteiger charge is 2.25. The van der Waals surface area contributed by atoms with Crippen LogP contribution >= 0.6 is 0 Å². The minimum Gasteiger partial charge on any atom is -0.378 e. The van der Waals surface area contributed by atoms with E-state index in [0.717, 1.165) is 42.7 Å². The lowest BCUT2D eigenvalue weighted by molar-refractivity contribution is -0.136. The zero-order chi connectivity index (χ0) is 20.8. The molecule has 1 atom stereocenters. The molecule has 1 aliphatic heterocycles. The molecule has 6 heteroatoms. The Labute approximate surface area is 172 Å². The molecule has 154 valence electrons. The Kier molecular flexibility index (Phi) is 6.88. The molecular formula is C23H30N4O2. The van der Waals surface area contributed by atoms with Crippen molar-refractivity contribution in [2.75, 3.05) is 43.9 Å². The molecule has 2 aromatic carbocycles. The van der Waals surface area contributed by atoms with Crippen molar-refractivity contribution in [1.29, 1.82) is 0 Å². The fourth-order valence-electron chi connectivity index (χ4n) is 3.60. The maximum atomic E-state index is 12.4. The van der Waals surface area contributed by atoms with Gasteiger partial charge in [-0.25, -0.2) is 0 Å². The van der Waals surface area contributed by atoms with Gasteiger partial charge in [0.2, 0.25) is 0 Å². The number of nitrogens with zero attached hydrogens (tertiary/aromatic N) is 2. The summed E-state index contributed by atoms with van der Waals surface area (Å²) in [6.07, 6.45) is 2.32. The summed E-state index contributed by atoms with van der Waals surface area (Å²) in [5.74, 6) is -1.25. The van der Waals surface area contributed by atoms with Crippen LogP contribution in [-0.2, 0) is 9.59 Å². The van der Waals surface area contributed by atoms with Crippen molar-refractivity contribution in [3.63, 3.8) is 0 Å². The van der Waals surface area contributed by atoms with E-state index in [4.69, 9.17) is 0 Å². The molecule has 2 aromatic rings. The second-order valence-corrected chi connectivity index (χ2v) is 7.78. The maximum absolute atomic E-state index is 12.4. The van der Waals surface area contributed by atoms with Crippen LogP contribution in [0.15, 0.2) is 48.5 Å². The van der Waals surface area contributed by atoms with Gasteiger partial charge in [0.05, 0.1) is 6.04 Å². The Bertz CT molecular complexity index is 825. The molecule has 1 aliphatic rings. The molecule has 1 heterocycles. The highest BCUT2D eigenvalue weighted by molar-refractivity contribution is 6.39. The van der Waals surface area contributed by atoms with Crippen molar-refractivity contribution in [2.45, 2.75) is 25.8 Å². The average molecular weight is 395 g/mol. The van der Waals surface area contributed by atoms with Crippen LogP contribution in [-0.4, -0.2) is 50.4 Å². The molecule has 2 amide bonds. The second-order valence-electron chi connectivity index (χ2n) is 7.78. The Morgan fingerprint density at radius 2 is 1.59 bits per heavy atom. The molecule has 3 rings (SSSR count). The molecule has 29 heavy (non-hydrogen) atoms. The van der Waals surface area contributed by atoms with Crippen LogP contribution in [0.5, 0.6) is 0 Å². The van der Waals surface area contributed by atoms with Crippen molar-refractivity contribution in [1.82, 2.24) is 10.2 Å². The number of hydrogen-bond donors (Lipinski definition) is 2. The summed E-state index contributed by atoms with van der Waals surface area (Å²) in [5, 5.41) is 5.48. The van der Waals surface area contributed by atoms with E-state index in [9.17, 15) is 9.59 Å². The standard InChI is InChI=1S/C23H30N4O2/c1-17-6-10-19(11-7-17)25-23(29)22(28)24-16-21(27-14-4-5-15-27)18-8-12-20(13-9-18)26(2)3/h6-13,21H,4-5,14-16H2,1-3H3,(H,24,28)(H,25,29)/t21-/m0/s1. The third-order valence-corrected chi connectivity index (χ3v) is 5.35. The van der Waals surface area contributed by atoms with Gasteiger partial charge >= 0.3 is 11.8 Å². The first-order valence-electron chi connectivity index (χ1n) is 10.1. The first-order chi connectivity index (χ1) is 13.9. The van der Waals surface area contributed by atoms with Gasteiger partial charge in [0.1, 0.15) is 0 Å². The number of carbonyl (C=O) groups excluding carboxylic acids is 2. The molecule has 0 radical (unpaired) electrons. The molecule has 0 bridgehead atoms. The second kappa shape index (κ2) is 9.56.